The molecule has 0 saturated heterocycles. The Kier molecular flexibility index (Phi) is 4.92. The fourth-order valence-corrected chi connectivity index (χ4v) is 2.07. The second-order valence-corrected chi connectivity index (χ2v) is 4.64. The Balaban J connectivity index is 1.83. The number of fused-ring (bicyclic) bond motifs is 1. The number of H-pyrrole nitrogens is 1. The van der Waals surface area contributed by atoms with Crippen molar-refractivity contribution in [2.45, 2.75) is 32.1 Å². The van der Waals surface area contributed by atoms with Gasteiger partial charge in [-0.15, -0.1) is 0 Å². The molecule has 102 valence electrons. The normalized spacial score (nSPS) is 10.8. The molecule has 0 spiro atoms. The predicted octanol–water partition coefficient (Wildman–Crippen LogP) is 2.41. The number of aromatic nitrogens is 2. The van der Waals surface area contributed by atoms with E-state index in [-0.39, 0.29) is 5.91 Å². The van der Waals surface area contributed by atoms with Gasteiger partial charge in [0.2, 0.25) is 5.91 Å². The second kappa shape index (κ2) is 6.89. The van der Waals surface area contributed by atoms with E-state index in [2.05, 4.69) is 15.5 Å². The summed E-state index contributed by atoms with van der Waals surface area (Å²) in [7, 11) is 0. The molecule has 19 heavy (non-hydrogen) atoms. The number of nitrogens with one attached hydrogen (secondary N) is 2. The molecule has 0 atom stereocenters. The number of rotatable bonds is 7. The van der Waals surface area contributed by atoms with Gasteiger partial charge >= 0.3 is 0 Å². The smallest absolute Gasteiger partial charge is 0.224 e. The molecule has 0 radical (unpaired) electrons. The lowest BCUT2D eigenvalue weighted by Gasteiger charge is -2.06. The van der Waals surface area contributed by atoms with E-state index in [4.69, 9.17) is 5.73 Å². The van der Waals surface area contributed by atoms with Crippen molar-refractivity contribution in [2.75, 3.05) is 11.9 Å². The van der Waals surface area contributed by atoms with Crippen LogP contribution in [0.25, 0.3) is 10.9 Å². The maximum Gasteiger partial charge on any atom is 0.224 e. The van der Waals surface area contributed by atoms with E-state index in [0.29, 0.717) is 6.42 Å². The van der Waals surface area contributed by atoms with Crippen LogP contribution in [0.3, 0.4) is 0 Å². The molecule has 0 aliphatic heterocycles. The molecule has 0 unspecified atom stereocenters. The van der Waals surface area contributed by atoms with Gasteiger partial charge in [0.15, 0.2) is 0 Å². The zero-order valence-electron chi connectivity index (χ0n) is 11.0. The molecule has 4 N–H and O–H groups in total. The Morgan fingerprint density at radius 1 is 1.26 bits per heavy atom. The zero-order chi connectivity index (χ0) is 13.5. The number of hydrogen-bond acceptors (Lipinski definition) is 3. The van der Waals surface area contributed by atoms with Crippen LogP contribution in [0.5, 0.6) is 0 Å². The summed E-state index contributed by atoms with van der Waals surface area (Å²) in [5.74, 6) is 0.0508. The van der Waals surface area contributed by atoms with E-state index in [1.807, 2.05) is 18.2 Å². The van der Waals surface area contributed by atoms with Crippen LogP contribution in [-0.2, 0) is 4.79 Å². The zero-order valence-corrected chi connectivity index (χ0v) is 11.0. The first kappa shape index (κ1) is 13.5. The summed E-state index contributed by atoms with van der Waals surface area (Å²) < 4.78 is 0. The van der Waals surface area contributed by atoms with E-state index in [0.717, 1.165) is 48.8 Å². The van der Waals surface area contributed by atoms with Crippen molar-refractivity contribution in [1.82, 2.24) is 10.2 Å². The van der Waals surface area contributed by atoms with Gasteiger partial charge < -0.3 is 11.1 Å². The molecule has 2 aromatic rings. The van der Waals surface area contributed by atoms with Crippen molar-refractivity contribution in [3.05, 3.63) is 24.4 Å². The number of nitrogens with two attached hydrogens (primary N) is 1. The molecule has 2 rings (SSSR count). The summed E-state index contributed by atoms with van der Waals surface area (Å²) in [5.41, 5.74) is 7.09. The number of para-hydroxylation sites is 1. The number of aromatic amines is 1. The minimum absolute atomic E-state index is 0.0508. The number of benzene rings is 1. The number of amides is 1. The molecular formula is C14H20N4O. The number of carbonyl (C=O) groups is 1. The molecule has 0 bridgehead atoms. The fourth-order valence-electron chi connectivity index (χ4n) is 2.07. The van der Waals surface area contributed by atoms with Gasteiger partial charge in [-0.3, -0.25) is 9.89 Å². The van der Waals surface area contributed by atoms with Crippen molar-refractivity contribution in [3.63, 3.8) is 0 Å². The first-order valence-corrected chi connectivity index (χ1v) is 6.73. The van der Waals surface area contributed by atoms with Crippen LogP contribution < -0.4 is 11.1 Å². The largest absolute Gasteiger partial charge is 0.330 e. The van der Waals surface area contributed by atoms with E-state index < -0.39 is 0 Å². The Bertz CT molecular complexity index is 535. The van der Waals surface area contributed by atoms with E-state index in [9.17, 15) is 4.79 Å². The molecule has 5 heteroatoms. The minimum atomic E-state index is 0.0508. The standard InChI is InChI=1S/C14H20N4O/c15-9-4-2-1-3-8-13(19)17-12-7-5-6-11-10-16-18-14(11)12/h5-7,10H,1-4,8-9,15H2,(H,16,18)(H,17,19). The Morgan fingerprint density at radius 2 is 2.11 bits per heavy atom. The van der Waals surface area contributed by atoms with Crippen LogP contribution in [0.4, 0.5) is 5.69 Å². The molecule has 1 aromatic carbocycles. The topological polar surface area (TPSA) is 83.8 Å². The summed E-state index contributed by atoms with van der Waals surface area (Å²) in [5, 5.41) is 10.8. The number of carbonyl (C=O) groups excluding carboxylic acids is 1. The molecule has 5 nitrogen and oxygen atoms in total. The fraction of sp³-hybridized carbons (Fsp3) is 0.429. The molecule has 1 heterocycles. The van der Waals surface area contributed by atoms with Gasteiger partial charge in [0.1, 0.15) is 0 Å². The van der Waals surface area contributed by atoms with Gasteiger partial charge in [-0.25, -0.2) is 0 Å². The molecule has 0 aliphatic rings. The van der Waals surface area contributed by atoms with Crippen LogP contribution >= 0.6 is 0 Å². The van der Waals surface area contributed by atoms with Crippen LogP contribution in [0, 0.1) is 0 Å². The summed E-state index contributed by atoms with van der Waals surface area (Å²) in [6.07, 6.45) is 6.39. The van der Waals surface area contributed by atoms with E-state index >= 15 is 0 Å². The lowest BCUT2D eigenvalue weighted by Crippen LogP contribution is -2.11. The third kappa shape index (κ3) is 3.79. The summed E-state index contributed by atoms with van der Waals surface area (Å²) in [6.45, 7) is 0.730. The third-order valence-electron chi connectivity index (χ3n) is 3.11. The van der Waals surface area contributed by atoms with Crippen molar-refractivity contribution < 1.29 is 4.79 Å². The number of anilines is 1. The Labute approximate surface area is 112 Å². The van der Waals surface area contributed by atoms with Crippen molar-refractivity contribution >= 4 is 22.5 Å². The highest BCUT2D eigenvalue weighted by atomic mass is 16.1. The van der Waals surface area contributed by atoms with Crippen molar-refractivity contribution in [3.8, 4) is 0 Å². The van der Waals surface area contributed by atoms with Gasteiger partial charge in [0.25, 0.3) is 0 Å². The maximum atomic E-state index is 11.8. The number of unbranched alkanes of at least 4 members (excludes halogenated alkanes) is 3. The third-order valence-corrected chi connectivity index (χ3v) is 3.11. The maximum absolute atomic E-state index is 11.8. The van der Waals surface area contributed by atoms with Gasteiger partial charge in [-0.05, 0) is 25.5 Å². The van der Waals surface area contributed by atoms with Gasteiger partial charge in [0, 0.05) is 11.8 Å². The highest BCUT2D eigenvalue weighted by Crippen LogP contribution is 2.20. The quantitative estimate of drug-likeness (QED) is 0.668. The Hall–Kier alpha value is -1.88. The lowest BCUT2D eigenvalue weighted by atomic mass is 10.1. The minimum Gasteiger partial charge on any atom is -0.330 e. The van der Waals surface area contributed by atoms with E-state index in [1.54, 1.807) is 6.20 Å². The summed E-state index contributed by atoms with van der Waals surface area (Å²) in [6, 6.07) is 5.75. The van der Waals surface area contributed by atoms with Crippen LogP contribution in [0.1, 0.15) is 32.1 Å². The molecule has 0 aliphatic carbocycles. The molecule has 1 aromatic heterocycles. The van der Waals surface area contributed by atoms with E-state index in [1.165, 1.54) is 0 Å². The first-order chi connectivity index (χ1) is 9.31. The molecule has 0 fully saturated rings. The van der Waals surface area contributed by atoms with Crippen LogP contribution in [0.15, 0.2) is 24.4 Å². The van der Waals surface area contributed by atoms with Crippen molar-refractivity contribution in [2.24, 2.45) is 5.73 Å². The first-order valence-electron chi connectivity index (χ1n) is 6.73. The highest BCUT2D eigenvalue weighted by molar-refractivity contribution is 6.00. The number of hydrogen-bond donors (Lipinski definition) is 3. The van der Waals surface area contributed by atoms with Crippen LogP contribution in [-0.4, -0.2) is 22.6 Å². The van der Waals surface area contributed by atoms with Gasteiger partial charge in [-0.2, -0.15) is 5.10 Å². The highest BCUT2D eigenvalue weighted by Gasteiger charge is 2.06. The summed E-state index contributed by atoms with van der Waals surface area (Å²) in [4.78, 5) is 11.8. The van der Waals surface area contributed by atoms with Gasteiger partial charge in [0.05, 0.1) is 17.4 Å². The second-order valence-electron chi connectivity index (χ2n) is 4.64. The Morgan fingerprint density at radius 3 is 2.95 bits per heavy atom. The number of nitrogens with zero attached hydrogens (tertiary/aromatic N) is 1. The van der Waals surface area contributed by atoms with Crippen molar-refractivity contribution in [1.29, 1.82) is 0 Å². The average Bonchev–Trinajstić information content (AvgIpc) is 2.88. The molecule has 1 amide bonds. The van der Waals surface area contributed by atoms with Gasteiger partial charge in [-0.1, -0.05) is 25.0 Å². The monoisotopic (exact) mass is 260 g/mol. The summed E-state index contributed by atoms with van der Waals surface area (Å²) >= 11 is 0. The molecule has 0 saturated carbocycles. The lowest BCUT2D eigenvalue weighted by molar-refractivity contribution is -0.116. The SMILES string of the molecule is NCCCCCCC(=O)Nc1cccc2cn[nH]c12. The predicted molar refractivity (Wildman–Crippen MR) is 76.9 cm³/mol. The molecular weight excluding hydrogens is 240 g/mol. The van der Waals surface area contributed by atoms with Crippen LogP contribution in [0.2, 0.25) is 0 Å². The average molecular weight is 260 g/mol.